The number of hydrogen-bond acceptors (Lipinski definition) is 2. The van der Waals surface area contributed by atoms with Crippen LogP contribution in [0.2, 0.25) is 0 Å². The van der Waals surface area contributed by atoms with Gasteiger partial charge in [-0.2, -0.15) is 0 Å². The molecule has 0 spiro atoms. The summed E-state index contributed by atoms with van der Waals surface area (Å²) in [5.74, 6) is -1.01. The Kier molecular flexibility index (Phi) is 5.52. The first kappa shape index (κ1) is 16.6. The molecule has 1 N–H and O–H groups in total. The minimum Gasteiger partial charge on any atom is -0.306 e. The second kappa shape index (κ2) is 6.99. The minimum absolute atomic E-state index is 0.251. The van der Waals surface area contributed by atoms with Crippen molar-refractivity contribution >= 4 is 27.3 Å². The second-order valence-corrected chi connectivity index (χ2v) is 7.21. The largest absolute Gasteiger partial charge is 0.306 e. The molecule has 1 unspecified atom stereocenters. The highest BCUT2D eigenvalue weighted by atomic mass is 79.9. The zero-order chi connectivity index (χ0) is 15.6. The molecule has 0 radical (unpaired) electrons. The van der Waals surface area contributed by atoms with Crippen molar-refractivity contribution < 1.29 is 8.78 Å². The number of nitrogens with one attached hydrogen (secondary N) is 1. The summed E-state index contributed by atoms with van der Waals surface area (Å²) in [6, 6.07) is 4.33. The zero-order valence-corrected chi connectivity index (χ0v) is 14.7. The number of halogens is 3. The molecule has 1 aromatic carbocycles. The van der Waals surface area contributed by atoms with E-state index in [-0.39, 0.29) is 6.04 Å². The fourth-order valence-corrected chi connectivity index (χ4v) is 3.83. The van der Waals surface area contributed by atoms with Crippen LogP contribution in [-0.4, -0.2) is 6.54 Å². The minimum atomic E-state index is -0.506. The summed E-state index contributed by atoms with van der Waals surface area (Å²) in [4.78, 5) is 2.17. The lowest BCUT2D eigenvalue weighted by atomic mass is 10.0. The van der Waals surface area contributed by atoms with Crippen molar-refractivity contribution in [2.75, 3.05) is 6.54 Å². The van der Waals surface area contributed by atoms with Crippen LogP contribution in [0.15, 0.2) is 22.7 Å². The van der Waals surface area contributed by atoms with Gasteiger partial charge in [0.25, 0.3) is 0 Å². The van der Waals surface area contributed by atoms with Gasteiger partial charge in [-0.05, 0) is 60.4 Å². The first-order chi connectivity index (χ1) is 9.93. The maximum absolute atomic E-state index is 14.2. The Bertz CT molecular complexity index is 620. The van der Waals surface area contributed by atoms with Crippen LogP contribution in [0.5, 0.6) is 0 Å². The molecular weight excluding hydrogens is 356 g/mol. The van der Waals surface area contributed by atoms with Crippen LogP contribution in [0.4, 0.5) is 8.78 Å². The number of benzene rings is 1. The van der Waals surface area contributed by atoms with Gasteiger partial charge < -0.3 is 5.32 Å². The predicted molar refractivity (Wildman–Crippen MR) is 88.0 cm³/mol. The first-order valence-electron chi connectivity index (χ1n) is 6.88. The molecule has 0 amide bonds. The summed E-state index contributed by atoms with van der Waals surface area (Å²) >= 11 is 5.12. The van der Waals surface area contributed by atoms with E-state index in [1.165, 1.54) is 0 Å². The highest BCUT2D eigenvalue weighted by molar-refractivity contribution is 9.10. The van der Waals surface area contributed by atoms with Gasteiger partial charge in [-0.25, -0.2) is 8.78 Å². The molecule has 21 heavy (non-hydrogen) atoms. The number of thiophene rings is 1. The Morgan fingerprint density at radius 1 is 1.19 bits per heavy atom. The van der Waals surface area contributed by atoms with Gasteiger partial charge in [0.15, 0.2) is 0 Å². The van der Waals surface area contributed by atoms with Gasteiger partial charge in [0.2, 0.25) is 0 Å². The van der Waals surface area contributed by atoms with Crippen LogP contribution in [0.1, 0.15) is 40.3 Å². The number of aryl methyl sites for hydroxylation is 2. The number of rotatable bonds is 5. The molecule has 2 rings (SSSR count). The molecule has 0 saturated carbocycles. The molecule has 0 aliphatic heterocycles. The van der Waals surface area contributed by atoms with Crippen molar-refractivity contribution in [2.45, 2.75) is 33.2 Å². The molecular formula is C16H18BrF2NS. The van der Waals surface area contributed by atoms with Crippen LogP contribution in [-0.2, 0) is 0 Å². The summed E-state index contributed by atoms with van der Waals surface area (Å²) < 4.78 is 28.7. The average Bonchev–Trinajstić information content (AvgIpc) is 2.75. The quantitative estimate of drug-likeness (QED) is 0.729. The summed E-state index contributed by atoms with van der Waals surface area (Å²) in [6.45, 7) is 6.51. The highest BCUT2D eigenvalue weighted by Gasteiger charge is 2.21. The van der Waals surface area contributed by atoms with Gasteiger partial charge in [0, 0.05) is 25.9 Å². The molecule has 0 bridgehead atoms. The van der Waals surface area contributed by atoms with Crippen LogP contribution in [0, 0.1) is 25.5 Å². The van der Waals surface area contributed by atoms with E-state index in [0.29, 0.717) is 11.1 Å². The van der Waals surface area contributed by atoms with E-state index in [1.807, 2.05) is 13.0 Å². The molecule has 114 valence electrons. The van der Waals surface area contributed by atoms with Crippen LogP contribution in [0.3, 0.4) is 0 Å². The second-order valence-electron chi connectivity index (χ2n) is 5.06. The molecule has 5 heteroatoms. The van der Waals surface area contributed by atoms with Crippen LogP contribution in [0.25, 0.3) is 0 Å². The van der Waals surface area contributed by atoms with Gasteiger partial charge in [-0.3, -0.25) is 0 Å². The van der Waals surface area contributed by atoms with E-state index in [9.17, 15) is 8.78 Å². The van der Waals surface area contributed by atoms with E-state index in [0.717, 1.165) is 33.3 Å². The van der Waals surface area contributed by atoms with E-state index >= 15 is 0 Å². The van der Waals surface area contributed by atoms with Crippen molar-refractivity contribution in [3.05, 3.63) is 55.2 Å². The number of hydrogen-bond donors (Lipinski definition) is 1. The summed E-state index contributed by atoms with van der Waals surface area (Å²) in [6.07, 6.45) is 0.948. The SMILES string of the molecule is CCCNC(c1cc(Br)c(C)s1)c1cc(C)c(F)cc1F. The summed E-state index contributed by atoms with van der Waals surface area (Å²) in [5, 5.41) is 3.36. The Morgan fingerprint density at radius 2 is 1.90 bits per heavy atom. The van der Waals surface area contributed by atoms with Gasteiger partial charge in [0.05, 0.1) is 6.04 Å². The van der Waals surface area contributed by atoms with E-state index in [2.05, 4.69) is 28.2 Å². The molecule has 2 aromatic rings. The fourth-order valence-electron chi connectivity index (χ4n) is 2.18. The standard InChI is InChI=1S/C16H18BrF2NS/c1-4-5-20-16(15-7-12(17)10(3)21-15)11-6-9(2)13(18)8-14(11)19/h6-8,16,20H,4-5H2,1-3H3. The van der Waals surface area contributed by atoms with E-state index in [4.69, 9.17) is 0 Å². The Morgan fingerprint density at radius 3 is 2.48 bits per heavy atom. The third kappa shape index (κ3) is 3.71. The smallest absolute Gasteiger partial charge is 0.131 e. The molecule has 1 atom stereocenters. The molecule has 0 fully saturated rings. The molecule has 0 aliphatic rings. The lowest BCUT2D eigenvalue weighted by molar-refractivity contribution is 0.533. The van der Waals surface area contributed by atoms with Crippen molar-refractivity contribution in [3.63, 3.8) is 0 Å². The Hall–Kier alpha value is -0.780. The topological polar surface area (TPSA) is 12.0 Å². The van der Waals surface area contributed by atoms with Gasteiger partial charge >= 0.3 is 0 Å². The Balaban J connectivity index is 2.47. The Labute approximate surface area is 136 Å². The molecule has 1 aromatic heterocycles. The maximum Gasteiger partial charge on any atom is 0.131 e. The highest BCUT2D eigenvalue weighted by Crippen LogP contribution is 2.35. The molecule has 0 saturated heterocycles. The lowest BCUT2D eigenvalue weighted by Crippen LogP contribution is -2.23. The van der Waals surface area contributed by atoms with Gasteiger partial charge in [-0.15, -0.1) is 11.3 Å². The molecule has 0 aliphatic carbocycles. The zero-order valence-electron chi connectivity index (χ0n) is 12.3. The van der Waals surface area contributed by atoms with E-state index in [1.54, 1.807) is 24.3 Å². The fraction of sp³-hybridized carbons (Fsp3) is 0.375. The van der Waals surface area contributed by atoms with Crippen molar-refractivity contribution in [1.82, 2.24) is 5.32 Å². The van der Waals surface area contributed by atoms with Crippen molar-refractivity contribution in [3.8, 4) is 0 Å². The predicted octanol–water partition coefficient (Wildman–Crippen LogP) is 5.49. The first-order valence-corrected chi connectivity index (χ1v) is 8.49. The van der Waals surface area contributed by atoms with Gasteiger partial charge in [-0.1, -0.05) is 6.92 Å². The average molecular weight is 374 g/mol. The molecule has 1 heterocycles. The van der Waals surface area contributed by atoms with E-state index < -0.39 is 11.6 Å². The van der Waals surface area contributed by atoms with Crippen LogP contribution >= 0.6 is 27.3 Å². The van der Waals surface area contributed by atoms with Gasteiger partial charge in [0.1, 0.15) is 11.6 Å². The third-order valence-corrected chi connectivity index (χ3v) is 5.55. The molecule has 1 nitrogen and oxygen atoms in total. The maximum atomic E-state index is 14.2. The lowest BCUT2D eigenvalue weighted by Gasteiger charge is -2.19. The third-order valence-electron chi connectivity index (χ3n) is 3.35. The van der Waals surface area contributed by atoms with Crippen molar-refractivity contribution in [2.24, 2.45) is 0 Å². The van der Waals surface area contributed by atoms with Crippen molar-refractivity contribution in [1.29, 1.82) is 0 Å². The summed E-state index contributed by atoms with van der Waals surface area (Å²) in [7, 11) is 0. The summed E-state index contributed by atoms with van der Waals surface area (Å²) in [5.41, 5.74) is 0.957. The monoisotopic (exact) mass is 373 g/mol. The normalized spacial score (nSPS) is 12.7. The van der Waals surface area contributed by atoms with Crippen LogP contribution < -0.4 is 5.32 Å².